The molecule has 1 unspecified atom stereocenters. The van der Waals surface area contributed by atoms with Crippen molar-refractivity contribution in [1.29, 1.82) is 0 Å². The van der Waals surface area contributed by atoms with Crippen molar-refractivity contribution in [3.05, 3.63) is 41.5 Å². The molecule has 0 saturated carbocycles. The van der Waals surface area contributed by atoms with E-state index >= 15 is 0 Å². The number of aromatic nitrogens is 1. The maximum Gasteiger partial charge on any atom is 0.217 e. The van der Waals surface area contributed by atoms with Crippen molar-refractivity contribution in [1.82, 2.24) is 15.6 Å². The van der Waals surface area contributed by atoms with Crippen LogP contribution in [0.25, 0.3) is 11.3 Å². The summed E-state index contributed by atoms with van der Waals surface area (Å²) in [7, 11) is 0. The number of benzene rings is 1. The third-order valence-electron chi connectivity index (χ3n) is 4.62. The quantitative estimate of drug-likeness (QED) is 0.657. The minimum atomic E-state index is -0.100. The third-order valence-corrected chi connectivity index (χ3v) is 4.62. The van der Waals surface area contributed by atoms with Gasteiger partial charge in [0.25, 0.3) is 0 Å². The molecule has 0 bridgehead atoms. The van der Waals surface area contributed by atoms with Gasteiger partial charge in [0.2, 0.25) is 5.91 Å². The Kier molecular flexibility index (Phi) is 6.83. The highest BCUT2D eigenvalue weighted by Gasteiger charge is 2.22. The largest absolute Gasteiger partial charge is 0.507 e. The second-order valence-electron chi connectivity index (χ2n) is 6.43. The maximum absolute atomic E-state index is 11.3. The fourth-order valence-corrected chi connectivity index (χ4v) is 3.33. The van der Waals surface area contributed by atoms with E-state index in [9.17, 15) is 9.90 Å². The van der Waals surface area contributed by atoms with E-state index in [0.717, 1.165) is 37.1 Å². The van der Waals surface area contributed by atoms with Crippen molar-refractivity contribution < 1.29 is 9.90 Å². The van der Waals surface area contributed by atoms with E-state index < -0.39 is 0 Å². The van der Waals surface area contributed by atoms with E-state index in [1.165, 1.54) is 6.92 Å². The van der Waals surface area contributed by atoms with Crippen molar-refractivity contribution in [2.75, 3.05) is 18.8 Å². The molecule has 5 N–H and O–H groups in total. The summed E-state index contributed by atoms with van der Waals surface area (Å²) in [6.07, 6.45) is 2.15. The summed E-state index contributed by atoms with van der Waals surface area (Å²) in [6.45, 7) is 3.74. The van der Waals surface area contributed by atoms with E-state index in [4.69, 9.17) is 5.73 Å². The maximum atomic E-state index is 11.3. The molecule has 1 amide bonds. The number of nitrogen functional groups attached to an aromatic ring is 1. The van der Waals surface area contributed by atoms with Gasteiger partial charge in [0.15, 0.2) is 0 Å². The predicted molar refractivity (Wildman–Crippen MR) is 105 cm³/mol. The van der Waals surface area contributed by atoms with Crippen LogP contribution in [0.3, 0.4) is 0 Å². The lowest BCUT2D eigenvalue weighted by molar-refractivity contribution is -0.119. The molecule has 1 atom stereocenters. The molecule has 0 radical (unpaired) electrons. The molecular weight excluding hydrogens is 352 g/mol. The Hall–Kier alpha value is -2.31. The van der Waals surface area contributed by atoms with Crippen LogP contribution < -0.4 is 16.4 Å². The van der Waals surface area contributed by atoms with Gasteiger partial charge in [-0.05, 0) is 49.1 Å². The molecular formula is C19H25ClN4O2. The predicted octanol–water partition coefficient (Wildman–Crippen LogP) is 2.56. The Morgan fingerprint density at radius 2 is 2.19 bits per heavy atom. The molecule has 1 aromatic carbocycles. The van der Waals surface area contributed by atoms with Gasteiger partial charge < -0.3 is 21.5 Å². The van der Waals surface area contributed by atoms with Crippen LogP contribution in [-0.4, -0.2) is 29.1 Å². The van der Waals surface area contributed by atoms with Crippen LogP contribution >= 0.6 is 12.4 Å². The Bertz CT molecular complexity index is 776. The number of nitrogens with zero attached hydrogens (tertiary/aromatic N) is 1. The summed E-state index contributed by atoms with van der Waals surface area (Å²) in [5.41, 5.74) is 9.50. The molecule has 1 aliphatic rings. The van der Waals surface area contributed by atoms with Gasteiger partial charge >= 0.3 is 0 Å². The van der Waals surface area contributed by atoms with E-state index in [2.05, 4.69) is 15.6 Å². The molecule has 1 aromatic heterocycles. The summed E-state index contributed by atoms with van der Waals surface area (Å²) in [4.78, 5) is 15.8. The van der Waals surface area contributed by atoms with E-state index in [-0.39, 0.29) is 24.1 Å². The topological polar surface area (TPSA) is 100 Å². The standard InChI is InChI=1S/C19H24N4O2.ClH/c1-12(24)22-11-16-15(13-5-4-8-21-10-13)9-17(23-19(16)20)14-6-2-3-7-18(14)25;/h2-3,6-7,9,13,21,25H,4-5,8,10-11H2,1H3,(H2,20,23)(H,22,24);1H. The second kappa shape index (κ2) is 8.87. The summed E-state index contributed by atoms with van der Waals surface area (Å²) >= 11 is 0. The van der Waals surface area contributed by atoms with Crippen molar-refractivity contribution in [3.63, 3.8) is 0 Å². The van der Waals surface area contributed by atoms with Crippen LogP contribution in [0.4, 0.5) is 5.82 Å². The Labute approximate surface area is 159 Å². The average Bonchev–Trinajstić information content (AvgIpc) is 2.61. The minimum Gasteiger partial charge on any atom is -0.507 e. The number of hydrogen-bond donors (Lipinski definition) is 4. The number of nitrogens with one attached hydrogen (secondary N) is 2. The smallest absolute Gasteiger partial charge is 0.217 e. The second-order valence-corrected chi connectivity index (χ2v) is 6.43. The van der Waals surface area contributed by atoms with Crippen LogP contribution in [0.1, 0.15) is 36.8 Å². The summed E-state index contributed by atoms with van der Waals surface area (Å²) in [5, 5.41) is 16.4. The number of amides is 1. The van der Waals surface area contributed by atoms with E-state index in [0.29, 0.717) is 29.5 Å². The lowest BCUT2D eigenvalue weighted by atomic mass is 9.87. The monoisotopic (exact) mass is 376 g/mol. The van der Waals surface area contributed by atoms with Gasteiger partial charge in [-0.1, -0.05) is 12.1 Å². The number of nitrogens with two attached hydrogens (primary N) is 1. The highest BCUT2D eigenvalue weighted by Crippen LogP contribution is 2.35. The third kappa shape index (κ3) is 4.45. The van der Waals surface area contributed by atoms with Gasteiger partial charge in [-0.2, -0.15) is 0 Å². The molecule has 0 aliphatic carbocycles. The Morgan fingerprint density at radius 3 is 2.85 bits per heavy atom. The lowest BCUT2D eigenvalue weighted by Gasteiger charge is -2.26. The molecule has 2 aromatic rings. The number of pyridine rings is 1. The van der Waals surface area contributed by atoms with E-state index in [1.807, 2.05) is 18.2 Å². The van der Waals surface area contributed by atoms with Gasteiger partial charge in [0.05, 0.1) is 5.69 Å². The molecule has 1 fully saturated rings. The Morgan fingerprint density at radius 1 is 1.42 bits per heavy atom. The molecule has 2 heterocycles. The van der Waals surface area contributed by atoms with Crippen LogP contribution in [-0.2, 0) is 11.3 Å². The highest BCUT2D eigenvalue weighted by molar-refractivity contribution is 5.85. The van der Waals surface area contributed by atoms with Crippen LogP contribution in [0.2, 0.25) is 0 Å². The summed E-state index contributed by atoms with van der Waals surface area (Å²) in [5.74, 6) is 0.788. The number of rotatable bonds is 4. The number of aromatic hydroxyl groups is 1. The lowest BCUT2D eigenvalue weighted by Crippen LogP contribution is -2.30. The first kappa shape index (κ1) is 20.0. The van der Waals surface area contributed by atoms with Crippen LogP contribution in [0, 0.1) is 0 Å². The number of anilines is 1. The van der Waals surface area contributed by atoms with Gasteiger partial charge in [0, 0.05) is 31.1 Å². The number of hydrogen-bond acceptors (Lipinski definition) is 5. The molecule has 140 valence electrons. The van der Waals surface area contributed by atoms with Crippen molar-refractivity contribution in [2.24, 2.45) is 0 Å². The summed E-state index contributed by atoms with van der Waals surface area (Å²) < 4.78 is 0. The van der Waals surface area contributed by atoms with Crippen molar-refractivity contribution in [3.8, 4) is 17.0 Å². The number of phenols is 1. The average molecular weight is 377 g/mol. The summed E-state index contributed by atoms with van der Waals surface area (Å²) in [6, 6.07) is 9.10. The zero-order valence-electron chi connectivity index (χ0n) is 14.8. The first-order valence-electron chi connectivity index (χ1n) is 8.59. The normalized spacial score (nSPS) is 16.6. The molecule has 6 nitrogen and oxygen atoms in total. The highest BCUT2D eigenvalue weighted by atomic mass is 35.5. The SMILES string of the molecule is CC(=O)NCc1c(C2CCCNC2)cc(-c2ccccc2O)nc1N.Cl. The fourth-order valence-electron chi connectivity index (χ4n) is 3.33. The first-order valence-corrected chi connectivity index (χ1v) is 8.59. The Balaban J connectivity index is 0.00000243. The molecule has 1 aliphatic heterocycles. The number of piperidine rings is 1. The fraction of sp³-hybridized carbons (Fsp3) is 0.368. The molecule has 3 rings (SSSR count). The molecule has 26 heavy (non-hydrogen) atoms. The molecule has 7 heteroatoms. The van der Waals surface area contributed by atoms with Crippen molar-refractivity contribution >= 4 is 24.1 Å². The molecule has 0 spiro atoms. The van der Waals surface area contributed by atoms with Crippen LogP contribution in [0.15, 0.2) is 30.3 Å². The number of carbonyl (C=O) groups excluding carboxylic acids is 1. The first-order chi connectivity index (χ1) is 12.1. The van der Waals surface area contributed by atoms with E-state index in [1.54, 1.807) is 12.1 Å². The number of carbonyl (C=O) groups is 1. The van der Waals surface area contributed by atoms with Crippen molar-refractivity contribution in [2.45, 2.75) is 32.2 Å². The number of phenolic OH excluding ortho intramolecular Hbond substituents is 1. The minimum absolute atomic E-state index is 0. The molecule has 1 saturated heterocycles. The zero-order valence-corrected chi connectivity index (χ0v) is 15.6. The van der Waals surface area contributed by atoms with Gasteiger partial charge in [0.1, 0.15) is 11.6 Å². The zero-order chi connectivity index (χ0) is 17.8. The number of para-hydroxylation sites is 1. The van der Waals surface area contributed by atoms with Gasteiger partial charge in [-0.3, -0.25) is 4.79 Å². The number of halogens is 1. The van der Waals surface area contributed by atoms with Gasteiger partial charge in [-0.15, -0.1) is 12.4 Å². The van der Waals surface area contributed by atoms with Gasteiger partial charge in [-0.25, -0.2) is 4.98 Å². The van der Waals surface area contributed by atoms with Crippen LogP contribution in [0.5, 0.6) is 5.75 Å².